The van der Waals surface area contributed by atoms with Crippen LogP contribution >= 0.6 is 0 Å². The molecule has 6 heteroatoms. The Hall–Kier alpha value is -2.50. The summed E-state index contributed by atoms with van der Waals surface area (Å²) >= 11 is 0. The second-order valence-electron chi connectivity index (χ2n) is 7.40. The molecule has 0 unspecified atom stereocenters. The Morgan fingerprint density at radius 3 is 2.20 bits per heavy atom. The molecule has 0 N–H and O–H groups in total. The molecular formula is C19H20O6. The number of ether oxygens (including phenoxy) is 2. The number of Topliss-reactive ketones (excluding diaryl/α,β-unsaturated/α-hetero) is 2. The van der Waals surface area contributed by atoms with E-state index in [1.54, 1.807) is 32.9 Å². The van der Waals surface area contributed by atoms with Crippen LogP contribution in [-0.2, 0) is 19.1 Å². The lowest BCUT2D eigenvalue weighted by Crippen LogP contribution is -2.47. The van der Waals surface area contributed by atoms with Gasteiger partial charge in [-0.15, -0.1) is 0 Å². The van der Waals surface area contributed by atoms with Crippen LogP contribution in [0.15, 0.2) is 24.3 Å². The van der Waals surface area contributed by atoms with Gasteiger partial charge in [0.25, 0.3) is 0 Å². The molecule has 1 aromatic carbocycles. The molecule has 2 fully saturated rings. The monoisotopic (exact) mass is 344 g/mol. The van der Waals surface area contributed by atoms with E-state index in [1.807, 2.05) is 0 Å². The van der Waals surface area contributed by atoms with E-state index >= 15 is 0 Å². The summed E-state index contributed by atoms with van der Waals surface area (Å²) in [6.07, 6.45) is 0.721. The van der Waals surface area contributed by atoms with Gasteiger partial charge in [-0.2, -0.15) is 0 Å². The molecule has 0 saturated heterocycles. The van der Waals surface area contributed by atoms with Gasteiger partial charge in [0.1, 0.15) is 16.7 Å². The van der Waals surface area contributed by atoms with Gasteiger partial charge in [0.05, 0.1) is 7.11 Å². The first-order valence-corrected chi connectivity index (χ1v) is 8.12. The fraction of sp³-hybridized carbons (Fsp3) is 0.474. The fourth-order valence-corrected chi connectivity index (χ4v) is 4.24. The van der Waals surface area contributed by atoms with Gasteiger partial charge in [0, 0.05) is 10.8 Å². The van der Waals surface area contributed by atoms with Crippen molar-refractivity contribution in [3.05, 3.63) is 29.8 Å². The van der Waals surface area contributed by atoms with Crippen molar-refractivity contribution >= 4 is 23.5 Å². The van der Waals surface area contributed by atoms with Crippen LogP contribution in [0, 0.1) is 16.2 Å². The first-order valence-electron chi connectivity index (χ1n) is 8.12. The van der Waals surface area contributed by atoms with E-state index in [-0.39, 0.29) is 17.7 Å². The predicted octanol–water partition coefficient (Wildman–Crippen LogP) is 2.34. The van der Waals surface area contributed by atoms with Crippen molar-refractivity contribution in [1.29, 1.82) is 0 Å². The number of benzene rings is 1. The summed E-state index contributed by atoms with van der Waals surface area (Å²) in [4.78, 5) is 50.0. The second kappa shape index (κ2) is 5.25. The average molecular weight is 344 g/mol. The van der Waals surface area contributed by atoms with Gasteiger partial charge in [-0.3, -0.25) is 14.4 Å². The molecule has 2 saturated carbocycles. The summed E-state index contributed by atoms with van der Waals surface area (Å²) in [7, 11) is 1.23. The number of hydrogen-bond acceptors (Lipinski definition) is 6. The Morgan fingerprint density at radius 2 is 1.64 bits per heavy atom. The van der Waals surface area contributed by atoms with E-state index in [9.17, 15) is 19.2 Å². The molecule has 2 atom stereocenters. The second-order valence-corrected chi connectivity index (χ2v) is 7.40. The summed E-state index contributed by atoms with van der Waals surface area (Å²) in [5.74, 6) is -2.61. The van der Waals surface area contributed by atoms with Gasteiger partial charge in [-0.1, -0.05) is 32.9 Å². The van der Waals surface area contributed by atoms with Crippen LogP contribution in [0.25, 0.3) is 0 Å². The van der Waals surface area contributed by atoms with Crippen molar-refractivity contribution < 1.29 is 28.7 Å². The zero-order chi connectivity index (χ0) is 18.6. The zero-order valence-electron chi connectivity index (χ0n) is 14.7. The van der Waals surface area contributed by atoms with Crippen LogP contribution in [0.2, 0.25) is 0 Å². The quantitative estimate of drug-likeness (QED) is 0.362. The standard InChI is InChI=1S/C19H20O6/c1-17(2)18(3)9-10-19(17,14(21)13(18)20)16(23)25-12-8-6-5-7-11(12)15(22)24-4/h5-8H,9-10H2,1-4H3/t18-,19-/m1/s1. The molecule has 6 nitrogen and oxygen atoms in total. The average Bonchev–Trinajstić information content (AvgIpc) is 2.86. The Kier molecular flexibility index (Phi) is 3.64. The number of fused-ring (bicyclic) bond motifs is 2. The number of esters is 2. The van der Waals surface area contributed by atoms with Crippen LogP contribution in [0.3, 0.4) is 0 Å². The summed E-state index contributed by atoms with van der Waals surface area (Å²) in [6.45, 7) is 5.25. The van der Waals surface area contributed by atoms with Crippen LogP contribution in [0.1, 0.15) is 44.0 Å². The topological polar surface area (TPSA) is 86.7 Å². The highest BCUT2D eigenvalue weighted by Crippen LogP contribution is 2.69. The summed E-state index contributed by atoms with van der Waals surface area (Å²) in [6, 6.07) is 6.15. The van der Waals surface area contributed by atoms with Crippen LogP contribution in [0.4, 0.5) is 0 Å². The van der Waals surface area contributed by atoms with Crippen molar-refractivity contribution in [2.45, 2.75) is 33.6 Å². The summed E-state index contributed by atoms with van der Waals surface area (Å²) in [5, 5.41) is 0. The third kappa shape index (κ3) is 1.91. The van der Waals surface area contributed by atoms with Gasteiger partial charge in [-0.05, 0) is 25.0 Å². The lowest BCUT2D eigenvalue weighted by atomic mass is 9.65. The van der Waals surface area contributed by atoms with E-state index < -0.39 is 39.8 Å². The van der Waals surface area contributed by atoms with Crippen LogP contribution in [0.5, 0.6) is 5.75 Å². The zero-order valence-corrected chi connectivity index (χ0v) is 14.7. The molecule has 0 aliphatic heterocycles. The molecule has 2 aliphatic carbocycles. The molecule has 1 aromatic rings. The molecule has 3 rings (SSSR count). The maximum Gasteiger partial charge on any atom is 0.341 e. The van der Waals surface area contributed by atoms with Gasteiger partial charge in [0.15, 0.2) is 0 Å². The number of methoxy groups -OCH3 is 1. The van der Waals surface area contributed by atoms with Gasteiger partial charge in [0.2, 0.25) is 11.6 Å². The van der Waals surface area contributed by atoms with E-state index in [0.717, 1.165) is 0 Å². The lowest BCUT2D eigenvalue weighted by molar-refractivity contribution is -0.157. The molecule has 2 bridgehead atoms. The number of para-hydroxylation sites is 1. The first-order chi connectivity index (χ1) is 11.6. The lowest BCUT2D eigenvalue weighted by Gasteiger charge is -2.36. The van der Waals surface area contributed by atoms with Crippen molar-refractivity contribution in [1.82, 2.24) is 0 Å². The van der Waals surface area contributed by atoms with E-state index in [2.05, 4.69) is 4.74 Å². The smallest absolute Gasteiger partial charge is 0.341 e. The molecule has 0 radical (unpaired) electrons. The third-order valence-electron chi connectivity index (χ3n) is 6.38. The molecule has 0 amide bonds. The minimum absolute atomic E-state index is 0.0188. The molecule has 2 aliphatic rings. The number of rotatable bonds is 3. The SMILES string of the molecule is COC(=O)c1ccccc1OC(=O)[C@@]12CC[C@](C)(C(=O)C1=O)C2(C)C. The van der Waals surface area contributed by atoms with Crippen molar-refractivity contribution in [3.63, 3.8) is 0 Å². The minimum atomic E-state index is -1.51. The Labute approximate surface area is 145 Å². The highest BCUT2D eigenvalue weighted by Gasteiger charge is 2.78. The predicted molar refractivity (Wildman–Crippen MR) is 87.0 cm³/mol. The highest BCUT2D eigenvalue weighted by molar-refractivity contribution is 6.48. The maximum atomic E-state index is 13.0. The van der Waals surface area contributed by atoms with Crippen molar-refractivity contribution in [2.75, 3.05) is 7.11 Å². The van der Waals surface area contributed by atoms with Crippen molar-refractivity contribution in [3.8, 4) is 5.75 Å². The van der Waals surface area contributed by atoms with Crippen LogP contribution < -0.4 is 4.74 Å². The minimum Gasteiger partial charge on any atom is -0.465 e. The molecular weight excluding hydrogens is 324 g/mol. The number of carbonyl (C=O) groups excluding carboxylic acids is 4. The van der Waals surface area contributed by atoms with Gasteiger partial charge in [-0.25, -0.2) is 4.79 Å². The molecule has 0 aromatic heterocycles. The normalized spacial score (nSPS) is 29.6. The largest absolute Gasteiger partial charge is 0.465 e. The molecule has 0 spiro atoms. The highest BCUT2D eigenvalue weighted by atomic mass is 16.5. The molecule has 25 heavy (non-hydrogen) atoms. The number of carbonyl (C=O) groups is 4. The molecule has 132 valence electrons. The van der Waals surface area contributed by atoms with E-state index in [1.165, 1.54) is 19.2 Å². The third-order valence-corrected chi connectivity index (χ3v) is 6.38. The van der Waals surface area contributed by atoms with Gasteiger partial charge < -0.3 is 9.47 Å². The Balaban J connectivity index is 2.02. The number of hydrogen-bond donors (Lipinski definition) is 0. The van der Waals surface area contributed by atoms with E-state index in [0.29, 0.717) is 6.42 Å². The fourth-order valence-electron chi connectivity index (χ4n) is 4.24. The molecule has 0 heterocycles. The van der Waals surface area contributed by atoms with Crippen LogP contribution in [-0.4, -0.2) is 30.6 Å². The maximum absolute atomic E-state index is 13.0. The van der Waals surface area contributed by atoms with E-state index in [4.69, 9.17) is 4.74 Å². The Bertz CT molecular complexity index is 808. The summed E-state index contributed by atoms with van der Waals surface area (Å²) < 4.78 is 10.1. The summed E-state index contributed by atoms with van der Waals surface area (Å²) in [5.41, 5.74) is -3.15. The van der Waals surface area contributed by atoms with Crippen molar-refractivity contribution in [2.24, 2.45) is 16.2 Å². The first kappa shape index (κ1) is 17.3. The number of ketones is 2. The Morgan fingerprint density at radius 1 is 1.00 bits per heavy atom. The van der Waals surface area contributed by atoms with Gasteiger partial charge >= 0.3 is 11.9 Å².